The number of nitrogens with zero attached hydrogens (tertiary/aromatic N) is 3. The fourth-order valence-electron chi connectivity index (χ4n) is 4.53. The summed E-state index contributed by atoms with van der Waals surface area (Å²) in [5.41, 5.74) is 2.90. The first-order valence-electron chi connectivity index (χ1n) is 12.7. The number of nitrogens with one attached hydrogen (secondary N) is 3. The number of aryl methyl sites for hydroxylation is 1. The Kier molecular flexibility index (Phi) is 9.45. The summed E-state index contributed by atoms with van der Waals surface area (Å²) in [4.78, 5) is 13.6. The van der Waals surface area contributed by atoms with E-state index in [1.165, 1.54) is 0 Å². The SMILES string of the molecule is Cc1ccc2c(NC[C@H](O)C(F)F)cccc2c1Oc1ncccc1-c1ccnc(N[C@H]2CCCNC2)n1.Cl. The van der Waals surface area contributed by atoms with Crippen molar-refractivity contribution in [2.24, 2.45) is 0 Å². The summed E-state index contributed by atoms with van der Waals surface area (Å²) in [5, 5.41) is 20.8. The van der Waals surface area contributed by atoms with Gasteiger partial charge in [0.1, 0.15) is 11.9 Å². The maximum atomic E-state index is 12.8. The van der Waals surface area contributed by atoms with Gasteiger partial charge in [0.2, 0.25) is 11.8 Å². The molecule has 3 heterocycles. The third-order valence-corrected chi connectivity index (χ3v) is 6.53. The molecule has 0 radical (unpaired) electrons. The van der Waals surface area contributed by atoms with Crippen molar-refractivity contribution < 1.29 is 18.6 Å². The summed E-state index contributed by atoms with van der Waals surface area (Å²) in [6.07, 6.45) is 0.952. The Morgan fingerprint density at radius 2 is 1.95 bits per heavy atom. The van der Waals surface area contributed by atoms with Crippen molar-refractivity contribution in [3.8, 4) is 22.9 Å². The van der Waals surface area contributed by atoms with E-state index in [4.69, 9.17) is 9.72 Å². The number of pyridine rings is 1. The topological polar surface area (TPSA) is 104 Å². The van der Waals surface area contributed by atoms with Crippen LogP contribution in [0.5, 0.6) is 11.6 Å². The Hall–Kier alpha value is -3.60. The van der Waals surface area contributed by atoms with Gasteiger partial charge in [0.15, 0.2) is 0 Å². The molecule has 4 aromatic rings. The van der Waals surface area contributed by atoms with E-state index in [2.05, 4.69) is 25.9 Å². The van der Waals surface area contributed by atoms with Crippen LogP contribution in [-0.2, 0) is 0 Å². The number of ether oxygens (including phenoxy) is 1. The third-order valence-electron chi connectivity index (χ3n) is 6.53. The lowest BCUT2D eigenvalue weighted by Crippen LogP contribution is -2.38. The molecule has 1 fully saturated rings. The third kappa shape index (κ3) is 6.70. The van der Waals surface area contributed by atoms with E-state index >= 15 is 0 Å². The van der Waals surface area contributed by atoms with Crippen LogP contribution in [0.4, 0.5) is 20.4 Å². The number of halogens is 3. The standard InChI is InChI=1S/C28H30F2N6O2.ClH/c1-17-9-10-19-20(6-2-8-22(19)34-16-24(37)26(29)30)25(17)38-27-21(7-4-13-32-27)23-11-14-33-28(36-23)35-18-5-3-12-31-15-18;/h2,4,6-11,13-14,18,24,26,31,34,37H,3,5,12,15-16H2,1H3,(H,33,35,36);1H/t18-,24-;/m0./s1. The minimum absolute atomic E-state index is 0. The van der Waals surface area contributed by atoms with E-state index in [0.717, 1.165) is 42.3 Å². The molecule has 2 aromatic carbocycles. The van der Waals surface area contributed by atoms with E-state index in [0.29, 0.717) is 34.5 Å². The molecule has 39 heavy (non-hydrogen) atoms. The second-order valence-corrected chi connectivity index (χ2v) is 9.31. The van der Waals surface area contributed by atoms with E-state index in [-0.39, 0.29) is 25.0 Å². The number of aliphatic hydroxyl groups excluding tert-OH is 1. The van der Waals surface area contributed by atoms with Crippen molar-refractivity contribution in [1.82, 2.24) is 20.3 Å². The largest absolute Gasteiger partial charge is 0.437 e. The Morgan fingerprint density at radius 3 is 2.74 bits per heavy atom. The van der Waals surface area contributed by atoms with Crippen LogP contribution in [0.25, 0.3) is 22.0 Å². The molecule has 0 saturated carbocycles. The van der Waals surface area contributed by atoms with Gasteiger partial charge < -0.3 is 25.8 Å². The summed E-state index contributed by atoms with van der Waals surface area (Å²) >= 11 is 0. The molecule has 5 rings (SSSR count). The molecule has 2 atom stereocenters. The first-order chi connectivity index (χ1) is 18.5. The van der Waals surface area contributed by atoms with Crippen LogP contribution in [0.1, 0.15) is 18.4 Å². The molecule has 0 aliphatic carbocycles. The van der Waals surface area contributed by atoms with Crippen molar-refractivity contribution >= 4 is 34.8 Å². The minimum atomic E-state index is -2.82. The lowest BCUT2D eigenvalue weighted by molar-refractivity contribution is 0.00386. The van der Waals surface area contributed by atoms with Gasteiger partial charge in [-0.25, -0.2) is 23.7 Å². The zero-order chi connectivity index (χ0) is 26.5. The number of aromatic nitrogens is 3. The maximum Gasteiger partial charge on any atom is 0.265 e. The van der Waals surface area contributed by atoms with Gasteiger partial charge in [-0.1, -0.05) is 24.3 Å². The molecule has 11 heteroatoms. The number of hydrogen-bond acceptors (Lipinski definition) is 8. The van der Waals surface area contributed by atoms with Gasteiger partial charge in [-0.05, 0) is 56.1 Å². The number of aliphatic hydroxyl groups is 1. The van der Waals surface area contributed by atoms with Gasteiger partial charge in [-0.15, -0.1) is 12.4 Å². The van der Waals surface area contributed by atoms with Crippen LogP contribution in [0.3, 0.4) is 0 Å². The smallest absolute Gasteiger partial charge is 0.265 e. The molecular weight excluding hydrogens is 526 g/mol. The summed E-state index contributed by atoms with van der Waals surface area (Å²) in [6.45, 7) is 3.56. The number of rotatable bonds is 9. The average molecular weight is 557 g/mol. The quantitative estimate of drug-likeness (QED) is 0.217. The molecule has 8 nitrogen and oxygen atoms in total. The van der Waals surface area contributed by atoms with Crippen molar-refractivity contribution in [3.63, 3.8) is 0 Å². The number of hydrogen-bond donors (Lipinski definition) is 4. The molecule has 0 unspecified atom stereocenters. The number of alkyl halides is 2. The first kappa shape index (κ1) is 28.4. The molecule has 4 N–H and O–H groups in total. The van der Waals surface area contributed by atoms with Crippen LogP contribution >= 0.6 is 12.4 Å². The number of anilines is 2. The maximum absolute atomic E-state index is 12.8. The van der Waals surface area contributed by atoms with Crippen LogP contribution in [0.15, 0.2) is 60.9 Å². The van der Waals surface area contributed by atoms with Crippen molar-refractivity contribution in [2.45, 2.75) is 38.3 Å². The number of fused-ring (bicyclic) bond motifs is 1. The first-order valence-corrected chi connectivity index (χ1v) is 12.7. The van der Waals surface area contributed by atoms with Gasteiger partial charge in [0.05, 0.1) is 11.3 Å². The van der Waals surface area contributed by atoms with E-state index in [1.807, 2.05) is 49.4 Å². The molecule has 1 aliphatic rings. The highest BCUT2D eigenvalue weighted by molar-refractivity contribution is 5.98. The van der Waals surface area contributed by atoms with E-state index < -0.39 is 12.5 Å². The second kappa shape index (κ2) is 13.0. The summed E-state index contributed by atoms with van der Waals surface area (Å²) < 4.78 is 32.0. The highest BCUT2D eigenvalue weighted by atomic mass is 35.5. The van der Waals surface area contributed by atoms with Crippen molar-refractivity contribution in [1.29, 1.82) is 0 Å². The lowest BCUT2D eigenvalue weighted by atomic mass is 10.0. The van der Waals surface area contributed by atoms with Crippen molar-refractivity contribution in [3.05, 3.63) is 66.5 Å². The molecule has 1 saturated heterocycles. The summed E-state index contributed by atoms with van der Waals surface area (Å²) in [7, 11) is 0. The number of benzene rings is 2. The highest BCUT2D eigenvalue weighted by Crippen LogP contribution is 2.38. The fourth-order valence-corrected chi connectivity index (χ4v) is 4.53. The molecule has 0 spiro atoms. The fraction of sp³-hybridized carbons (Fsp3) is 0.321. The Balaban J connectivity index is 0.00000353. The second-order valence-electron chi connectivity index (χ2n) is 9.31. The average Bonchev–Trinajstić information content (AvgIpc) is 2.94. The monoisotopic (exact) mass is 556 g/mol. The van der Waals surface area contributed by atoms with Crippen LogP contribution < -0.4 is 20.7 Å². The summed E-state index contributed by atoms with van der Waals surface area (Å²) in [6, 6.07) is 15.1. The Morgan fingerprint density at radius 1 is 1.08 bits per heavy atom. The Bertz CT molecular complexity index is 1400. The predicted molar refractivity (Wildman–Crippen MR) is 151 cm³/mol. The van der Waals surface area contributed by atoms with Gasteiger partial charge in [0.25, 0.3) is 6.43 Å². The van der Waals surface area contributed by atoms with Crippen LogP contribution in [0.2, 0.25) is 0 Å². The van der Waals surface area contributed by atoms with Crippen molar-refractivity contribution in [2.75, 3.05) is 30.3 Å². The highest BCUT2D eigenvalue weighted by Gasteiger charge is 2.19. The molecule has 1 aliphatic heterocycles. The van der Waals surface area contributed by atoms with Crippen LogP contribution in [-0.4, -0.2) is 58.3 Å². The lowest BCUT2D eigenvalue weighted by Gasteiger charge is -2.23. The summed E-state index contributed by atoms with van der Waals surface area (Å²) in [5.74, 6) is 1.54. The normalized spacial score (nSPS) is 16.0. The Labute approximate surface area is 231 Å². The zero-order valence-corrected chi connectivity index (χ0v) is 22.2. The minimum Gasteiger partial charge on any atom is -0.437 e. The molecule has 2 aromatic heterocycles. The van der Waals surface area contributed by atoms with E-state index in [9.17, 15) is 13.9 Å². The molecular formula is C28H31ClF2N6O2. The molecule has 0 bridgehead atoms. The van der Waals surface area contributed by atoms with Crippen LogP contribution in [0, 0.1) is 6.92 Å². The molecule has 0 amide bonds. The molecule has 206 valence electrons. The van der Waals surface area contributed by atoms with E-state index in [1.54, 1.807) is 18.5 Å². The van der Waals surface area contributed by atoms with Gasteiger partial charge in [-0.2, -0.15) is 0 Å². The predicted octanol–water partition coefficient (Wildman–Crippen LogP) is 5.42. The van der Waals surface area contributed by atoms with Gasteiger partial charge in [-0.3, -0.25) is 0 Å². The zero-order valence-electron chi connectivity index (χ0n) is 21.4. The number of piperidine rings is 1. The van der Waals surface area contributed by atoms with Gasteiger partial charge >= 0.3 is 0 Å². The van der Waals surface area contributed by atoms with Gasteiger partial charge in [0, 0.05) is 48.0 Å².